The molecule has 0 N–H and O–H groups in total. The van der Waals surface area contributed by atoms with Gasteiger partial charge in [-0.1, -0.05) is 104 Å². The van der Waals surface area contributed by atoms with Gasteiger partial charge < -0.3 is 14.2 Å². The van der Waals surface area contributed by atoms with E-state index in [4.69, 9.17) is 14.2 Å². The van der Waals surface area contributed by atoms with E-state index in [0.717, 1.165) is 32.1 Å². The summed E-state index contributed by atoms with van der Waals surface area (Å²) < 4.78 is 18.8. The second-order valence-corrected chi connectivity index (χ2v) is 14.2. The van der Waals surface area contributed by atoms with Crippen LogP contribution in [0.2, 0.25) is 0 Å². The molecule has 0 unspecified atom stereocenters. The molecular weight excluding hydrogens is 486 g/mol. The van der Waals surface area contributed by atoms with E-state index in [0.29, 0.717) is 26.2 Å². The molecule has 5 nitrogen and oxygen atoms in total. The van der Waals surface area contributed by atoms with Crippen molar-refractivity contribution in [3.63, 3.8) is 0 Å². The number of hydrogen-bond donors (Lipinski definition) is 0. The highest BCUT2D eigenvalue weighted by Gasteiger charge is 2.55. The average molecular weight is 552 g/mol. The lowest BCUT2D eigenvalue weighted by atomic mass is 9.75. The third-order valence-corrected chi connectivity index (χ3v) is 9.78. The van der Waals surface area contributed by atoms with Crippen LogP contribution >= 0.6 is 0 Å². The Kier molecular flexibility index (Phi) is 14.8. The smallest absolute Gasteiger partial charge is 0.305 e. The molecule has 0 saturated carbocycles. The summed E-state index contributed by atoms with van der Waals surface area (Å²) in [4.78, 5) is 14.9. The van der Waals surface area contributed by atoms with E-state index in [1.807, 2.05) is 0 Å². The molecule has 2 saturated heterocycles. The fraction of sp³-hybridized carbons (Fsp3) is 0.971. The van der Waals surface area contributed by atoms with Gasteiger partial charge in [0.05, 0.1) is 18.6 Å². The van der Waals surface area contributed by atoms with Gasteiger partial charge in [-0.05, 0) is 47.6 Å². The Morgan fingerprint density at radius 1 is 0.692 bits per heavy atom. The van der Waals surface area contributed by atoms with Gasteiger partial charge in [0, 0.05) is 30.3 Å². The monoisotopic (exact) mass is 551 g/mol. The Hall–Kier alpha value is -0.650. The molecule has 0 radical (unpaired) electrons. The van der Waals surface area contributed by atoms with Crippen LogP contribution in [0, 0.1) is 5.41 Å². The minimum Gasteiger partial charge on any atom is -0.465 e. The number of esters is 1. The molecular formula is C34H65NO4. The van der Waals surface area contributed by atoms with Crippen molar-refractivity contribution in [2.24, 2.45) is 5.41 Å². The molecule has 2 fully saturated rings. The van der Waals surface area contributed by atoms with Crippen LogP contribution in [0.5, 0.6) is 0 Å². The zero-order valence-corrected chi connectivity index (χ0v) is 27.1. The number of rotatable bonds is 19. The molecule has 0 aromatic carbocycles. The number of hydrogen-bond acceptors (Lipinski definition) is 5. The van der Waals surface area contributed by atoms with Gasteiger partial charge in [-0.2, -0.15) is 0 Å². The molecule has 230 valence electrons. The first-order valence-corrected chi connectivity index (χ1v) is 16.7. The highest BCUT2D eigenvalue weighted by molar-refractivity contribution is 5.69. The molecule has 2 aliphatic rings. The maximum absolute atomic E-state index is 12.5. The fourth-order valence-corrected chi connectivity index (χ4v) is 6.63. The molecule has 0 atom stereocenters. The van der Waals surface area contributed by atoms with Gasteiger partial charge in [0.25, 0.3) is 0 Å². The predicted octanol–water partition coefficient (Wildman–Crippen LogP) is 9.21. The molecule has 0 aliphatic carbocycles. The van der Waals surface area contributed by atoms with Gasteiger partial charge in [0.1, 0.15) is 6.61 Å². The first-order valence-electron chi connectivity index (χ1n) is 16.7. The lowest BCUT2D eigenvalue weighted by Crippen LogP contribution is -2.67. The number of ether oxygens (including phenoxy) is 3. The van der Waals surface area contributed by atoms with Crippen molar-refractivity contribution in [1.82, 2.24) is 4.90 Å². The zero-order valence-electron chi connectivity index (χ0n) is 27.1. The summed E-state index contributed by atoms with van der Waals surface area (Å²) in [6.45, 7) is 15.1. The zero-order chi connectivity index (χ0) is 28.8. The van der Waals surface area contributed by atoms with E-state index in [9.17, 15) is 4.79 Å². The van der Waals surface area contributed by atoms with E-state index >= 15 is 0 Å². The van der Waals surface area contributed by atoms with E-state index in [-0.39, 0.29) is 22.5 Å². The Balaban J connectivity index is 1.53. The number of carbonyl (C=O) groups excluding carboxylic acids is 1. The van der Waals surface area contributed by atoms with Gasteiger partial charge in [0.15, 0.2) is 5.79 Å². The summed E-state index contributed by atoms with van der Waals surface area (Å²) >= 11 is 0. The summed E-state index contributed by atoms with van der Waals surface area (Å²) in [7, 11) is 2.20. The van der Waals surface area contributed by atoms with Crippen molar-refractivity contribution in [3.8, 4) is 0 Å². The largest absolute Gasteiger partial charge is 0.465 e. The highest BCUT2D eigenvalue weighted by Crippen LogP contribution is 2.48. The van der Waals surface area contributed by atoms with E-state index in [1.54, 1.807) is 0 Å². The lowest BCUT2D eigenvalue weighted by Gasteiger charge is -2.59. The van der Waals surface area contributed by atoms with Gasteiger partial charge in [-0.15, -0.1) is 0 Å². The molecule has 0 aromatic heterocycles. The van der Waals surface area contributed by atoms with Crippen molar-refractivity contribution in [3.05, 3.63) is 0 Å². The molecule has 0 aromatic rings. The topological polar surface area (TPSA) is 48.0 Å². The Labute approximate surface area is 242 Å². The van der Waals surface area contributed by atoms with Crippen LogP contribution in [0.25, 0.3) is 0 Å². The summed E-state index contributed by atoms with van der Waals surface area (Å²) in [5.74, 6) is -0.616. The second-order valence-electron chi connectivity index (χ2n) is 14.2. The number of unbranched alkanes of at least 4 members (excludes halogenated alkanes) is 14. The first kappa shape index (κ1) is 34.6. The minimum absolute atomic E-state index is 0.00628. The van der Waals surface area contributed by atoms with Gasteiger partial charge in [0.2, 0.25) is 0 Å². The van der Waals surface area contributed by atoms with E-state index < -0.39 is 5.79 Å². The van der Waals surface area contributed by atoms with Crippen LogP contribution in [0.15, 0.2) is 0 Å². The van der Waals surface area contributed by atoms with Crippen LogP contribution in [0.4, 0.5) is 0 Å². The minimum atomic E-state index is -0.546. The highest BCUT2D eigenvalue weighted by atomic mass is 16.7. The molecule has 2 heterocycles. The third kappa shape index (κ3) is 11.6. The quantitative estimate of drug-likeness (QED) is 0.118. The van der Waals surface area contributed by atoms with Crippen LogP contribution in [0.3, 0.4) is 0 Å². The summed E-state index contributed by atoms with van der Waals surface area (Å²) in [6, 6.07) is 0. The van der Waals surface area contributed by atoms with Crippen molar-refractivity contribution in [1.29, 1.82) is 0 Å². The van der Waals surface area contributed by atoms with Crippen LogP contribution in [-0.4, -0.2) is 54.6 Å². The summed E-state index contributed by atoms with van der Waals surface area (Å²) in [5, 5.41) is 0. The van der Waals surface area contributed by atoms with Crippen LogP contribution in [0.1, 0.15) is 164 Å². The van der Waals surface area contributed by atoms with Gasteiger partial charge in [-0.25, -0.2) is 0 Å². The van der Waals surface area contributed by atoms with Crippen molar-refractivity contribution in [2.75, 3.05) is 26.9 Å². The first-order chi connectivity index (χ1) is 18.5. The Morgan fingerprint density at radius 2 is 1.10 bits per heavy atom. The summed E-state index contributed by atoms with van der Waals surface area (Å²) in [5.41, 5.74) is -0.255. The molecule has 0 amide bonds. The SMILES string of the molecule is CCCCCCCCCCCCCCCCCC(=O)OCC1(CC)COC2(CC(C)(C)N(C)C(C)(C)C2)OC1. The van der Waals surface area contributed by atoms with Crippen LogP contribution in [-0.2, 0) is 19.0 Å². The molecule has 0 bridgehead atoms. The Bertz CT molecular complexity index is 661. The second kappa shape index (κ2) is 16.7. The van der Waals surface area contributed by atoms with Crippen molar-refractivity contribution >= 4 is 5.97 Å². The molecule has 5 heteroatoms. The number of carbonyl (C=O) groups is 1. The summed E-state index contributed by atoms with van der Waals surface area (Å²) in [6.07, 6.45) is 23.1. The maximum Gasteiger partial charge on any atom is 0.305 e. The average Bonchev–Trinajstić information content (AvgIpc) is 2.89. The van der Waals surface area contributed by atoms with Crippen LogP contribution < -0.4 is 0 Å². The lowest BCUT2D eigenvalue weighted by molar-refractivity contribution is -0.344. The maximum atomic E-state index is 12.5. The predicted molar refractivity (Wildman–Crippen MR) is 163 cm³/mol. The molecule has 2 aliphatic heterocycles. The van der Waals surface area contributed by atoms with Crippen molar-refractivity contribution < 1.29 is 19.0 Å². The molecule has 2 rings (SSSR count). The standard InChI is InChI=1S/C34H65NO4/c1-8-10-11-12-13-14-15-16-17-18-19-20-21-22-23-24-30(36)37-27-33(9-2)28-38-34(39-29-33)25-31(3,4)35(7)32(5,6)26-34/h8-29H2,1-7H3. The van der Waals surface area contributed by atoms with E-state index in [1.165, 1.54) is 83.5 Å². The van der Waals surface area contributed by atoms with E-state index in [2.05, 4.69) is 53.5 Å². The van der Waals surface area contributed by atoms with Gasteiger partial charge >= 0.3 is 5.97 Å². The Morgan fingerprint density at radius 3 is 1.51 bits per heavy atom. The number of nitrogens with zero attached hydrogens (tertiary/aromatic N) is 1. The fourth-order valence-electron chi connectivity index (χ4n) is 6.63. The normalized spacial score (nSPS) is 21.7. The molecule has 39 heavy (non-hydrogen) atoms. The van der Waals surface area contributed by atoms with Crippen molar-refractivity contribution in [2.45, 2.75) is 180 Å². The molecule has 1 spiro atoms. The third-order valence-electron chi connectivity index (χ3n) is 9.78. The van der Waals surface area contributed by atoms with Gasteiger partial charge in [-0.3, -0.25) is 9.69 Å². The number of likely N-dealkylation sites (tertiary alicyclic amines) is 1. The number of piperidine rings is 1.